The van der Waals surface area contributed by atoms with Crippen molar-refractivity contribution >= 4 is 35.6 Å². The molecule has 2 aliphatic carbocycles. The minimum absolute atomic E-state index is 0.0502. The summed E-state index contributed by atoms with van der Waals surface area (Å²) in [5.74, 6) is -6.02. The summed E-state index contributed by atoms with van der Waals surface area (Å²) < 4.78 is 34.0. The third kappa shape index (κ3) is 7.32. The van der Waals surface area contributed by atoms with Crippen LogP contribution >= 0.6 is 11.8 Å². The van der Waals surface area contributed by atoms with Gasteiger partial charge in [0.15, 0.2) is 0 Å². The number of aliphatic hydroxyl groups excluding tert-OH is 1. The molecule has 1 aromatic carbocycles. The number of benzene rings is 1. The Bertz CT molecular complexity index is 1110. The van der Waals surface area contributed by atoms with E-state index in [0.29, 0.717) is 10.5 Å². The first-order valence-electron chi connectivity index (χ1n) is 13.3. The summed E-state index contributed by atoms with van der Waals surface area (Å²) in [6, 6.07) is 4.56. The Morgan fingerprint density at radius 3 is 2.12 bits per heavy atom. The third-order valence-corrected chi connectivity index (χ3v) is 8.33. The van der Waals surface area contributed by atoms with Crippen LogP contribution in [-0.2, 0) is 38.1 Å². The van der Waals surface area contributed by atoms with Crippen LogP contribution in [0.15, 0.2) is 23.1 Å². The van der Waals surface area contributed by atoms with Gasteiger partial charge in [-0.3, -0.25) is 14.4 Å². The molecule has 0 unspecified atom stereocenters. The lowest BCUT2D eigenvalue weighted by molar-refractivity contribution is -0.174. The Hall–Kier alpha value is -2.70. The fourth-order valence-corrected chi connectivity index (χ4v) is 6.47. The highest BCUT2D eigenvalue weighted by Gasteiger charge is 2.78. The van der Waals surface area contributed by atoms with Crippen LogP contribution in [0.25, 0.3) is 0 Å². The molecule has 2 fully saturated rings. The molecule has 0 heterocycles. The van der Waals surface area contributed by atoms with Crippen molar-refractivity contribution in [2.45, 2.75) is 64.0 Å². The van der Waals surface area contributed by atoms with Gasteiger partial charge in [0.1, 0.15) is 11.4 Å². The van der Waals surface area contributed by atoms with Gasteiger partial charge in [0.25, 0.3) is 0 Å². The Morgan fingerprint density at radius 2 is 1.57 bits per heavy atom. The van der Waals surface area contributed by atoms with Crippen LogP contribution in [0.5, 0.6) is 0 Å². The van der Waals surface area contributed by atoms with Gasteiger partial charge in [0.05, 0.1) is 12.0 Å². The molecule has 2 aliphatic rings. The van der Waals surface area contributed by atoms with Gasteiger partial charge in [-0.15, -0.1) is 11.8 Å². The van der Waals surface area contributed by atoms with Gasteiger partial charge in [-0.25, -0.2) is 9.18 Å². The average molecular weight is 584 g/mol. The number of hydrogen-bond acceptors (Lipinski definition) is 11. The fourth-order valence-electron chi connectivity index (χ4n) is 5.20. The Kier molecular flexibility index (Phi) is 10.6. The second kappa shape index (κ2) is 13.3. The normalized spacial score (nSPS) is 26.8. The molecule has 222 valence electrons. The molecule has 0 amide bonds. The molecule has 10 nitrogen and oxygen atoms in total. The summed E-state index contributed by atoms with van der Waals surface area (Å²) in [5, 5.41) is 11.2. The van der Waals surface area contributed by atoms with Crippen molar-refractivity contribution in [2.75, 3.05) is 19.3 Å². The molecule has 12 heteroatoms. The summed E-state index contributed by atoms with van der Waals surface area (Å²) in [5.41, 5.74) is 5.30. The Balaban J connectivity index is 1.70. The van der Waals surface area contributed by atoms with Crippen molar-refractivity contribution in [1.82, 2.24) is 0 Å². The first kappa shape index (κ1) is 31.8. The number of fused-ring (bicyclic) bond motifs is 1. The zero-order chi connectivity index (χ0) is 29.8. The number of halogens is 1. The van der Waals surface area contributed by atoms with Crippen LogP contribution in [0.4, 0.5) is 4.39 Å². The van der Waals surface area contributed by atoms with Crippen LogP contribution in [-0.4, -0.2) is 60.0 Å². The second-order valence-electron chi connectivity index (χ2n) is 11.2. The monoisotopic (exact) mass is 583 g/mol. The highest BCUT2D eigenvalue weighted by Crippen LogP contribution is 2.64. The van der Waals surface area contributed by atoms with Crippen LogP contribution in [0.1, 0.15) is 46.1 Å². The smallest absolute Gasteiger partial charge is 0.329 e. The standard InChI is InChI=1S/C28H38FNO9S/c1-14(2)8-20(31)36-12-38-26(34)23-22-24(23)28(30,27(35)39-13-37-21(32)9-15(3)4)18(25(22)33)11-40-17-6-7-19(29)16(5)10-17/h6-7,10,14-15,18,22-25,33H,8-9,11-13,30H2,1-5H3/t18-,22+,23+,24+,25-,28+/m1/s1. The van der Waals surface area contributed by atoms with E-state index < -0.39 is 72.8 Å². The van der Waals surface area contributed by atoms with E-state index in [0.717, 1.165) is 0 Å². The maximum atomic E-state index is 13.7. The molecule has 0 radical (unpaired) electrons. The number of aryl methyl sites for hydroxylation is 1. The Labute approximate surface area is 237 Å². The van der Waals surface area contributed by atoms with Crippen molar-refractivity contribution in [2.24, 2.45) is 41.2 Å². The summed E-state index contributed by atoms with van der Waals surface area (Å²) in [6.45, 7) is 7.74. The largest absolute Gasteiger partial charge is 0.428 e. The quantitative estimate of drug-likeness (QED) is 0.200. The topological polar surface area (TPSA) is 151 Å². The van der Waals surface area contributed by atoms with Crippen molar-refractivity contribution in [3.05, 3.63) is 29.6 Å². The molecule has 0 bridgehead atoms. The highest BCUT2D eigenvalue weighted by molar-refractivity contribution is 7.99. The lowest BCUT2D eigenvalue weighted by Crippen LogP contribution is -2.59. The van der Waals surface area contributed by atoms with E-state index in [4.69, 9.17) is 24.7 Å². The van der Waals surface area contributed by atoms with Crippen molar-refractivity contribution in [1.29, 1.82) is 0 Å². The van der Waals surface area contributed by atoms with E-state index in [-0.39, 0.29) is 36.2 Å². The van der Waals surface area contributed by atoms with E-state index >= 15 is 0 Å². The molecule has 0 aliphatic heterocycles. The molecule has 6 atom stereocenters. The van der Waals surface area contributed by atoms with E-state index in [1.807, 2.05) is 27.7 Å². The number of carbonyl (C=O) groups is 4. The minimum atomic E-state index is -1.80. The number of ether oxygens (including phenoxy) is 4. The van der Waals surface area contributed by atoms with Crippen molar-refractivity contribution in [3.8, 4) is 0 Å². The van der Waals surface area contributed by atoms with E-state index in [2.05, 4.69) is 0 Å². The van der Waals surface area contributed by atoms with Crippen LogP contribution in [0, 0.1) is 48.2 Å². The van der Waals surface area contributed by atoms with Crippen LogP contribution in [0.3, 0.4) is 0 Å². The maximum absolute atomic E-state index is 13.7. The number of carbonyl (C=O) groups excluding carboxylic acids is 4. The first-order valence-corrected chi connectivity index (χ1v) is 14.3. The molecule has 3 N–H and O–H groups in total. The highest BCUT2D eigenvalue weighted by atomic mass is 32.2. The number of thioether (sulfide) groups is 1. The lowest BCUT2D eigenvalue weighted by atomic mass is 9.81. The van der Waals surface area contributed by atoms with Gasteiger partial charge in [-0.2, -0.15) is 0 Å². The molecule has 1 aromatic rings. The van der Waals surface area contributed by atoms with Crippen LogP contribution in [0.2, 0.25) is 0 Å². The lowest BCUT2D eigenvalue weighted by Gasteiger charge is -2.34. The zero-order valence-corrected chi connectivity index (χ0v) is 24.2. The molecular weight excluding hydrogens is 545 g/mol. The van der Waals surface area contributed by atoms with E-state index in [1.54, 1.807) is 19.1 Å². The number of aliphatic hydroxyl groups is 1. The van der Waals surface area contributed by atoms with Crippen molar-refractivity contribution < 1.29 is 47.6 Å². The number of nitrogens with two attached hydrogens (primary N) is 1. The predicted octanol–water partition coefficient (Wildman–Crippen LogP) is 2.96. The van der Waals surface area contributed by atoms with E-state index in [9.17, 15) is 28.7 Å². The summed E-state index contributed by atoms with van der Waals surface area (Å²) in [6.07, 6.45) is -0.848. The molecular formula is C28H38FNO9S. The predicted molar refractivity (Wildman–Crippen MR) is 142 cm³/mol. The molecule has 0 spiro atoms. The van der Waals surface area contributed by atoms with Crippen LogP contribution < -0.4 is 5.73 Å². The van der Waals surface area contributed by atoms with Crippen molar-refractivity contribution in [3.63, 3.8) is 0 Å². The van der Waals surface area contributed by atoms with Gasteiger partial charge < -0.3 is 29.8 Å². The third-order valence-electron chi connectivity index (χ3n) is 7.21. The summed E-state index contributed by atoms with van der Waals surface area (Å²) >= 11 is 1.28. The molecule has 3 rings (SSSR count). The van der Waals surface area contributed by atoms with E-state index in [1.165, 1.54) is 17.8 Å². The molecule has 40 heavy (non-hydrogen) atoms. The SMILES string of the molecule is Cc1cc(SC[C@@H]2[C@@H](O)[C@H]3[C@H](C(=O)OCOC(=O)CC(C)C)[C@H]3[C@]2(N)C(=O)OCOC(=O)CC(C)C)ccc1F. The zero-order valence-electron chi connectivity index (χ0n) is 23.4. The Morgan fingerprint density at radius 1 is 1.00 bits per heavy atom. The van der Waals surface area contributed by atoms with Gasteiger partial charge in [0, 0.05) is 41.2 Å². The summed E-state index contributed by atoms with van der Waals surface area (Å²) in [7, 11) is 0. The summed E-state index contributed by atoms with van der Waals surface area (Å²) in [4.78, 5) is 50.4. The fraction of sp³-hybridized carbons (Fsp3) is 0.643. The first-order chi connectivity index (χ1) is 18.8. The number of esters is 4. The average Bonchev–Trinajstić information content (AvgIpc) is 3.56. The van der Waals surface area contributed by atoms with Gasteiger partial charge in [-0.05, 0) is 42.5 Å². The second-order valence-corrected chi connectivity index (χ2v) is 12.3. The molecule has 2 saturated carbocycles. The minimum Gasteiger partial charge on any atom is -0.428 e. The van der Waals surface area contributed by atoms with Gasteiger partial charge in [0.2, 0.25) is 13.6 Å². The number of rotatable bonds is 13. The maximum Gasteiger partial charge on any atom is 0.329 e. The molecule has 0 saturated heterocycles. The number of hydrogen-bond donors (Lipinski definition) is 2. The van der Waals surface area contributed by atoms with Gasteiger partial charge >= 0.3 is 23.9 Å². The molecule has 0 aromatic heterocycles. The van der Waals surface area contributed by atoms with Gasteiger partial charge in [-0.1, -0.05) is 27.7 Å².